The predicted octanol–water partition coefficient (Wildman–Crippen LogP) is 4.25. The normalized spacial score (nSPS) is 40.1. The highest BCUT2D eigenvalue weighted by atomic mass is 16.3. The third-order valence-electron chi connectivity index (χ3n) is 9.27. The number of aliphatic hydroxyl groups is 1. The summed E-state index contributed by atoms with van der Waals surface area (Å²) in [5.41, 5.74) is 1.48. The van der Waals surface area contributed by atoms with Crippen LogP contribution in [0.4, 0.5) is 0 Å². The minimum atomic E-state index is 0.0549. The molecule has 4 saturated carbocycles. The molecule has 1 aromatic rings. The van der Waals surface area contributed by atoms with E-state index >= 15 is 0 Å². The first kappa shape index (κ1) is 18.7. The van der Waals surface area contributed by atoms with Crippen molar-refractivity contribution in [1.82, 2.24) is 4.90 Å². The number of nitrogens with zero attached hydrogens (tertiary/aromatic N) is 1. The van der Waals surface area contributed by atoms with Gasteiger partial charge in [-0.1, -0.05) is 37.3 Å². The number of benzene rings is 1. The number of carbonyl (C=O) groups is 1. The molecule has 28 heavy (non-hydrogen) atoms. The second kappa shape index (κ2) is 7.16. The average Bonchev–Trinajstić information content (AvgIpc) is 2.73. The van der Waals surface area contributed by atoms with Crippen molar-refractivity contribution >= 4 is 5.91 Å². The molecule has 1 saturated heterocycles. The maximum Gasteiger partial charge on any atom is 0.223 e. The summed E-state index contributed by atoms with van der Waals surface area (Å²) in [6, 6.07) is 11.1. The zero-order chi connectivity index (χ0) is 19.3. The van der Waals surface area contributed by atoms with E-state index in [-0.39, 0.29) is 12.0 Å². The second-order valence-electron chi connectivity index (χ2n) is 10.3. The average molecular weight is 382 g/mol. The van der Waals surface area contributed by atoms with Gasteiger partial charge in [-0.15, -0.1) is 0 Å². The number of carbonyl (C=O) groups excluding carboxylic acids is 1. The Hall–Kier alpha value is -1.35. The van der Waals surface area contributed by atoms with Crippen molar-refractivity contribution in [2.45, 2.75) is 57.3 Å². The Bertz CT molecular complexity index is 677. The minimum Gasteiger partial charge on any atom is -0.396 e. The van der Waals surface area contributed by atoms with Gasteiger partial charge in [0.2, 0.25) is 5.91 Å². The Morgan fingerprint density at radius 1 is 1.04 bits per heavy atom. The Morgan fingerprint density at radius 3 is 2.14 bits per heavy atom. The van der Waals surface area contributed by atoms with Crippen molar-refractivity contribution in [1.29, 1.82) is 0 Å². The number of rotatable bonds is 4. The third-order valence-corrected chi connectivity index (χ3v) is 9.27. The van der Waals surface area contributed by atoms with Crippen LogP contribution in [0.3, 0.4) is 0 Å². The molecule has 5 aliphatic rings. The number of likely N-dealkylation sites (tertiary alicyclic amines) is 1. The molecule has 1 aromatic carbocycles. The fourth-order valence-corrected chi connectivity index (χ4v) is 7.60. The Kier molecular flexibility index (Phi) is 4.77. The largest absolute Gasteiger partial charge is 0.396 e. The zero-order valence-corrected chi connectivity index (χ0v) is 17.2. The number of hydrogen-bond donors (Lipinski definition) is 1. The van der Waals surface area contributed by atoms with Crippen LogP contribution in [0, 0.1) is 35.5 Å². The van der Waals surface area contributed by atoms with Crippen molar-refractivity contribution in [2.24, 2.45) is 35.5 Å². The Morgan fingerprint density at radius 2 is 1.61 bits per heavy atom. The molecule has 6 rings (SSSR count). The molecule has 0 atom stereocenters. The molecule has 1 heterocycles. The zero-order valence-electron chi connectivity index (χ0n) is 17.2. The first-order chi connectivity index (χ1) is 13.6. The van der Waals surface area contributed by atoms with E-state index in [0.29, 0.717) is 30.1 Å². The number of aliphatic hydroxyl groups excluding tert-OH is 1. The fraction of sp³-hybridized carbons (Fsp3) is 0.720. The van der Waals surface area contributed by atoms with E-state index < -0.39 is 0 Å². The lowest BCUT2D eigenvalue weighted by Crippen LogP contribution is -2.59. The molecule has 3 nitrogen and oxygen atoms in total. The molecule has 0 spiro atoms. The van der Waals surface area contributed by atoms with Crippen molar-refractivity contribution in [3.63, 3.8) is 0 Å². The molecule has 0 radical (unpaired) electrons. The third kappa shape index (κ3) is 2.84. The van der Waals surface area contributed by atoms with Crippen LogP contribution >= 0.6 is 0 Å². The van der Waals surface area contributed by atoms with Gasteiger partial charge >= 0.3 is 0 Å². The van der Waals surface area contributed by atoms with E-state index in [1.165, 1.54) is 31.2 Å². The van der Waals surface area contributed by atoms with Crippen LogP contribution in [-0.2, 0) is 10.2 Å². The van der Waals surface area contributed by atoms with Crippen LogP contribution in [0.25, 0.3) is 0 Å². The molecular weight excluding hydrogens is 346 g/mol. The summed E-state index contributed by atoms with van der Waals surface area (Å²) < 4.78 is 0. The van der Waals surface area contributed by atoms with Crippen molar-refractivity contribution in [2.75, 3.05) is 19.7 Å². The van der Waals surface area contributed by atoms with Gasteiger partial charge < -0.3 is 10.0 Å². The summed E-state index contributed by atoms with van der Waals surface area (Å²) in [5.74, 6) is 4.74. The highest BCUT2D eigenvalue weighted by molar-refractivity contribution is 5.78. The van der Waals surface area contributed by atoms with Gasteiger partial charge in [-0.3, -0.25) is 4.79 Å². The summed E-state index contributed by atoms with van der Waals surface area (Å²) in [6.45, 7) is 4.40. The van der Waals surface area contributed by atoms with E-state index in [9.17, 15) is 9.90 Å². The first-order valence-corrected chi connectivity index (χ1v) is 11.6. The summed E-state index contributed by atoms with van der Waals surface area (Å²) in [6.07, 6.45) is 7.89. The maximum absolute atomic E-state index is 13.5. The standard InChI is InChI=1S/C25H35NO2/c1-17-19-11-22-13-20(17)14-23(12-19)25(22,21-5-3-2-4-6-21)15-24(28)26-9-7-18(16-27)8-10-26/h2-6,17-20,22-23,27H,7-16H2,1H3. The van der Waals surface area contributed by atoms with E-state index in [4.69, 9.17) is 0 Å². The van der Waals surface area contributed by atoms with Gasteiger partial charge in [0.05, 0.1) is 0 Å². The topological polar surface area (TPSA) is 40.5 Å². The van der Waals surface area contributed by atoms with E-state index in [1.807, 2.05) is 0 Å². The van der Waals surface area contributed by atoms with Crippen molar-refractivity contribution < 1.29 is 9.90 Å². The Balaban J connectivity index is 1.43. The van der Waals surface area contributed by atoms with Gasteiger partial charge in [0.1, 0.15) is 0 Å². The fourth-order valence-electron chi connectivity index (χ4n) is 7.60. The second-order valence-corrected chi connectivity index (χ2v) is 10.3. The van der Waals surface area contributed by atoms with Gasteiger partial charge in [-0.2, -0.15) is 0 Å². The van der Waals surface area contributed by atoms with Crippen LogP contribution in [0.5, 0.6) is 0 Å². The van der Waals surface area contributed by atoms with Gasteiger partial charge in [0, 0.05) is 31.5 Å². The quantitative estimate of drug-likeness (QED) is 0.847. The molecule has 0 aromatic heterocycles. The molecule has 5 fully saturated rings. The van der Waals surface area contributed by atoms with Crippen molar-refractivity contribution in [3.8, 4) is 0 Å². The van der Waals surface area contributed by atoms with Gasteiger partial charge in [0.25, 0.3) is 0 Å². The van der Waals surface area contributed by atoms with E-state index in [1.54, 1.807) is 0 Å². The summed E-state index contributed by atoms with van der Waals surface area (Å²) >= 11 is 0. The van der Waals surface area contributed by atoms with Gasteiger partial charge in [0.15, 0.2) is 0 Å². The van der Waals surface area contributed by atoms with Crippen LogP contribution in [0.2, 0.25) is 0 Å². The lowest BCUT2D eigenvalue weighted by Gasteiger charge is -2.64. The molecule has 4 bridgehead atoms. The van der Waals surface area contributed by atoms with Gasteiger partial charge in [-0.05, 0) is 79.6 Å². The van der Waals surface area contributed by atoms with Crippen LogP contribution < -0.4 is 0 Å². The highest BCUT2D eigenvalue weighted by Gasteiger charge is 2.60. The lowest BCUT2D eigenvalue weighted by atomic mass is 9.41. The van der Waals surface area contributed by atoms with Crippen molar-refractivity contribution in [3.05, 3.63) is 35.9 Å². The number of amides is 1. The smallest absolute Gasteiger partial charge is 0.223 e. The summed E-state index contributed by atoms with van der Waals surface area (Å²) in [4.78, 5) is 15.6. The first-order valence-electron chi connectivity index (χ1n) is 11.6. The van der Waals surface area contributed by atoms with Crippen LogP contribution in [0.1, 0.15) is 57.4 Å². The molecule has 152 valence electrons. The Labute approximate surface area is 169 Å². The lowest BCUT2D eigenvalue weighted by molar-refractivity contribution is -0.143. The molecule has 1 aliphatic heterocycles. The SMILES string of the molecule is CC1C2CC3CC1CC(C2)C3(CC(=O)N1CCC(CO)CC1)c1ccccc1. The maximum atomic E-state index is 13.5. The monoisotopic (exact) mass is 381 g/mol. The van der Waals surface area contributed by atoms with Crippen LogP contribution in [-0.4, -0.2) is 35.6 Å². The van der Waals surface area contributed by atoms with E-state index in [0.717, 1.165) is 43.7 Å². The minimum absolute atomic E-state index is 0.0549. The highest BCUT2D eigenvalue weighted by Crippen LogP contribution is 2.65. The molecule has 1 amide bonds. The van der Waals surface area contributed by atoms with E-state index in [2.05, 4.69) is 42.2 Å². The molecule has 1 N–H and O–H groups in total. The number of piperidine rings is 1. The molecular formula is C25H35NO2. The summed E-state index contributed by atoms with van der Waals surface area (Å²) in [7, 11) is 0. The van der Waals surface area contributed by atoms with Crippen LogP contribution in [0.15, 0.2) is 30.3 Å². The van der Waals surface area contributed by atoms with Gasteiger partial charge in [-0.25, -0.2) is 0 Å². The predicted molar refractivity (Wildman–Crippen MR) is 111 cm³/mol. The number of hydrogen-bond acceptors (Lipinski definition) is 2. The molecule has 0 unspecified atom stereocenters. The summed E-state index contributed by atoms with van der Waals surface area (Å²) in [5, 5.41) is 9.42. The molecule has 4 aliphatic carbocycles. The molecule has 3 heteroatoms.